The molecule has 0 fully saturated rings. The van der Waals surface area contributed by atoms with Gasteiger partial charge in [-0.3, -0.25) is 9.59 Å². The van der Waals surface area contributed by atoms with E-state index >= 15 is 0 Å². The van der Waals surface area contributed by atoms with Crippen molar-refractivity contribution < 1.29 is 14.3 Å². The summed E-state index contributed by atoms with van der Waals surface area (Å²) in [6, 6.07) is 3.96. The molecule has 0 aliphatic heterocycles. The van der Waals surface area contributed by atoms with E-state index in [9.17, 15) is 9.59 Å². The van der Waals surface area contributed by atoms with Gasteiger partial charge >= 0.3 is 5.97 Å². The Balaban J connectivity index is 1.53. The normalized spacial score (nSPS) is 11.2. The summed E-state index contributed by atoms with van der Waals surface area (Å²) >= 11 is 3.12. The van der Waals surface area contributed by atoms with Gasteiger partial charge in [-0.25, -0.2) is 4.52 Å². The maximum atomic E-state index is 11.7. The van der Waals surface area contributed by atoms with Crippen molar-refractivity contribution in [3.63, 3.8) is 0 Å². The van der Waals surface area contributed by atoms with Crippen LogP contribution in [-0.2, 0) is 20.7 Å². The number of carbonyl (C=O) groups excluding carboxylic acids is 2. The highest BCUT2D eigenvalue weighted by Gasteiger charge is 2.13. The molecule has 0 radical (unpaired) electrons. The third-order valence-electron chi connectivity index (χ3n) is 3.41. The molecule has 0 aliphatic rings. The van der Waals surface area contributed by atoms with Crippen molar-refractivity contribution in [1.29, 1.82) is 0 Å². The lowest BCUT2D eigenvalue weighted by Crippen LogP contribution is -2.31. The van der Waals surface area contributed by atoms with Crippen LogP contribution in [0.1, 0.15) is 19.5 Å². The molecule has 25 heavy (non-hydrogen) atoms. The van der Waals surface area contributed by atoms with Gasteiger partial charge < -0.3 is 10.1 Å². The van der Waals surface area contributed by atoms with E-state index in [1.165, 1.54) is 11.3 Å². The first-order chi connectivity index (χ1) is 12.0. The van der Waals surface area contributed by atoms with Crippen LogP contribution >= 0.6 is 22.7 Å². The van der Waals surface area contributed by atoms with Crippen molar-refractivity contribution in [2.45, 2.75) is 20.3 Å². The molecular formula is C16H18N4O3S2. The van der Waals surface area contributed by atoms with Crippen LogP contribution in [0.4, 0.5) is 0 Å². The Hall–Kier alpha value is -2.26. The topological polar surface area (TPSA) is 85.6 Å². The van der Waals surface area contributed by atoms with Gasteiger partial charge in [0.1, 0.15) is 0 Å². The minimum Gasteiger partial charge on any atom is -0.455 e. The van der Waals surface area contributed by atoms with Crippen LogP contribution in [0.2, 0.25) is 0 Å². The summed E-state index contributed by atoms with van der Waals surface area (Å²) in [6.07, 6.45) is 0.622. The quantitative estimate of drug-likeness (QED) is 0.638. The zero-order valence-corrected chi connectivity index (χ0v) is 15.5. The van der Waals surface area contributed by atoms with E-state index in [1.54, 1.807) is 25.2 Å². The minimum absolute atomic E-state index is 0.239. The average molecular weight is 378 g/mol. The average Bonchev–Trinajstić information content (AvgIpc) is 3.29. The van der Waals surface area contributed by atoms with Crippen LogP contribution in [0.5, 0.6) is 0 Å². The van der Waals surface area contributed by atoms with Crippen LogP contribution in [0.25, 0.3) is 15.7 Å². The molecule has 3 aromatic heterocycles. The molecule has 3 rings (SSSR count). The van der Waals surface area contributed by atoms with E-state index in [-0.39, 0.29) is 24.4 Å². The first kappa shape index (κ1) is 17.6. The van der Waals surface area contributed by atoms with Gasteiger partial charge in [0.25, 0.3) is 5.91 Å². The number of hydrogen-bond donors (Lipinski definition) is 1. The Morgan fingerprint density at radius 1 is 1.36 bits per heavy atom. The lowest BCUT2D eigenvalue weighted by Gasteiger charge is -2.07. The van der Waals surface area contributed by atoms with E-state index in [2.05, 4.69) is 15.4 Å². The fourth-order valence-electron chi connectivity index (χ4n) is 2.09. The maximum absolute atomic E-state index is 11.7. The van der Waals surface area contributed by atoms with Crippen molar-refractivity contribution in [1.82, 2.24) is 19.9 Å². The second-order valence-electron chi connectivity index (χ2n) is 5.70. The van der Waals surface area contributed by atoms with Crippen molar-refractivity contribution in [3.8, 4) is 10.7 Å². The Morgan fingerprint density at radius 2 is 2.20 bits per heavy atom. The highest BCUT2D eigenvalue weighted by atomic mass is 32.1. The Bertz CT molecular complexity index is 867. The number of thiazole rings is 1. The van der Waals surface area contributed by atoms with Gasteiger partial charge in [0.2, 0.25) is 4.96 Å². The second kappa shape index (κ2) is 7.75. The van der Waals surface area contributed by atoms with Crippen LogP contribution in [0, 0.1) is 5.92 Å². The van der Waals surface area contributed by atoms with E-state index in [0.717, 1.165) is 15.5 Å². The molecule has 0 saturated heterocycles. The largest absolute Gasteiger partial charge is 0.455 e. The standard InChI is InChI=1S/C16H18N4O3S2/c1-10(2)15(22)23-8-13(21)17-6-5-11-9-25-16-18-14(19-20(11)16)12-4-3-7-24-12/h3-4,7,9-10H,5-6,8H2,1-2H3,(H,17,21). The van der Waals surface area contributed by atoms with Crippen molar-refractivity contribution in [2.75, 3.05) is 13.2 Å². The first-order valence-corrected chi connectivity index (χ1v) is 9.61. The smallest absolute Gasteiger partial charge is 0.308 e. The number of hydrogen-bond acceptors (Lipinski definition) is 7. The summed E-state index contributed by atoms with van der Waals surface area (Å²) in [5.41, 5.74) is 0.981. The Morgan fingerprint density at radius 3 is 2.92 bits per heavy atom. The number of amides is 1. The summed E-state index contributed by atoms with van der Waals surface area (Å²) in [4.78, 5) is 29.4. The predicted octanol–water partition coefficient (Wildman–Crippen LogP) is 2.38. The fourth-order valence-corrected chi connectivity index (χ4v) is 3.60. The number of nitrogens with zero attached hydrogens (tertiary/aromatic N) is 3. The zero-order valence-electron chi connectivity index (χ0n) is 13.9. The van der Waals surface area contributed by atoms with Gasteiger partial charge in [-0.2, -0.15) is 4.98 Å². The van der Waals surface area contributed by atoms with E-state index in [4.69, 9.17) is 4.74 Å². The van der Waals surface area contributed by atoms with Gasteiger partial charge in [-0.05, 0) is 11.4 Å². The minimum atomic E-state index is -0.376. The van der Waals surface area contributed by atoms with Crippen LogP contribution in [-0.4, -0.2) is 39.6 Å². The number of thiophene rings is 1. The molecule has 1 amide bonds. The zero-order chi connectivity index (χ0) is 17.8. The molecular weight excluding hydrogens is 360 g/mol. The number of nitrogens with one attached hydrogen (secondary N) is 1. The predicted molar refractivity (Wildman–Crippen MR) is 96.7 cm³/mol. The SMILES string of the molecule is CC(C)C(=O)OCC(=O)NCCc1csc2nc(-c3cccs3)nn12. The van der Waals surface area contributed by atoms with Gasteiger partial charge in [-0.15, -0.1) is 27.8 Å². The lowest BCUT2D eigenvalue weighted by molar-refractivity contribution is -0.151. The van der Waals surface area contributed by atoms with Crippen LogP contribution in [0.15, 0.2) is 22.9 Å². The summed E-state index contributed by atoms with van der Waals surface area (Å²) in [7, 11) is 0. The van der Waals surface area contributed by atoms with Gasteiger partial charge in [0, 0.05) is 18.3 Å². The number of ether oxygens (including phenoxy) is 1. The molecule has 132 valence electrons. The second-order valence-corrected chi connectivity index (χ2v) is 7.48. The Kier molecular flexibility index (Phi) is 5.44. The third-order valence-corrected chi connectivity index (χ3v) is 5.14. The van der Waals surface area contributed by atoms with Crippen molar-refractivity contribution >= 4 is 39.5 Å². The maximum Gasteiger partial charge on any atom is 0.308 e. The summed E-state index contributed by atoms with van der Waals surface area (Å²) < 4.78 is 6.70. The van der Waals surface area contributed by atoms with Gasteiger partial charge in [0.15, 0.2) is 12.4 Å². The van der Waals surface area contributed by atoms with Crippen molar-refractivity contribution in [3.05, 3.63) is 28.6 Å². The van der Waals surface area contributed by atoms with E-state index in [0.29, 0.717) is 18.8 Å². The molecule has 3 aromatic rings. The molecule has 0 bridgehead atoms. The van der Waals surface area contributed by atoms with Gasteiger partial charge in [-0.1, -0.05) is 19.9 Å². The molecule has 0 atom stereocenters. The number of carbonyl (C=O) groups is 2. The van der Waals surface area contributed by atoms with Crippen LogP contribution in [0.3, 0.4) is 0 Å². The monoisotopic (exact) mass is 378 g/mol. The van der Waals surface area contributed by atoms with Crippen molar-refractivity contribution in [2.24, 2.45) is 5.92 Å². The van der Waals surface area contributed by atoms with Gasteiger partial charge in [0.05, 0.1) is 16.5 Å². The molecule has 0 spiro atoms. The summed E-state index contributed by atoms with van der Waals surface area (Å²) in [5.74, 6) is -0.207. The van der Waals surface area contributed by atoms with E-state index in [1.807, 2.05) is 27.4 Å². The highest BCUT2D eigenvalue weighted by Crippen LogP contribution is 2.24. The molecule has 0 saturated carbocycles. The summed E-state index contributed by atoms with van der Waals surface area (Å²) in [6.45, 7) is 3.65. The molecule has 1 N–H and O–H groups in total. The number of esters is 1. The number of fused-ring (bicyclic) bond motifs is 1. The molecule has 9 heteroatoms. The highest BCUT2D eigenvalue weighted by molar-refractivity contribution is 7.15. The van der Waals surface area contributed by atoms with Crippen LogP contribution < -0.4 is 5.32 Å². The Labute approximate surface area is 152 Å². The molecule has 0 aliphatic carbocycles. The third kappa shape index (κ3) is 4.23. The number of rotatable bonds is 7. The summed E-state index contributed by atoms with van der Waals surface area (Å²) in [5, 5.41) is 11.3. The molecule has 3 heterocycles. The molecule has 0 aromatic carbocycles. The lowest BCUT2D eigenvalue weighted by atomic mass is 10.2. The van der Waals surface area contributed by atoms with E-state index < -0.39 is 0 Å². The number of aromatic nitrogens is 3. The molecule has 0 unspecified atom stereocenters. The molecule has 7 nitrogen and oxygen atoms in total. The first-order valence-electron chi connectivity index (χ1n) is 7.85. The fraction of sp³-hybridized carbons (Fsp3) is 0.375.